The Kier molecular flexibility index (Phi) is 6.38. The zero-order valence-electron chi connectivity index (χ0n) is 18.2. The van der Waals surface area contributed by atoms with E-state index in [1.54, 1.807) is 0 Å². The molecule has 0 radical (unpaired) electrons. The largest absolute Gasteiger partial charge is 0.251 e. The first-order chi connectivity index (χ1) is 13.9. The lowest BCUT2D eigenvalue weighted by molar-refractivity contribution is 1.13. The Morgan fingerprint density at radius 1 is 0.793 bits per heavy atom. The quantitative estimate of drug-likeness (QED) is 0.444. The average Bonchev–Trinajstić information content (AvgIpc) is 2.71. The van der Waals surface area contributed by atoms with Crippen molar-refractivity contribution in [2.75, 3.05) is 0 Å². The van der Waals surface area contributed by atoms with E-state index >= 15 is 0 Å². The van der Waals surface area contributed by atoms with Crippen LogP contribution < -0.4 is 0 Å². The zero-order chi connectivity index (χ0) is 21.0. The average molecular weight is 384 g/mol. The van der Waals surface area contributed by atoms with Crippen LogP contribution in [0, 0.1) is 20.8 Å². The molecule has 1 heterocycles. The van der Waals surface area contributed by atoms with Crippen LogP contribution in [0.4, 0.5) is 11.4 Å². The maximum absolute atomic E-state index is 4.90. The van der Waals surface area contributed by atoms with Gasteiger partial charge >= 0.3 is 0 Å². The molecule has 0 bridgehead atoms. The second kappa shape index (κ2) is 8.95. The van der Waals surface area contributed by atoms with E-state index in [-0.39, 0.29) is 0 Å². The standard InChI is InChI=1S/C26H29N3/c1-7-22-11-8-9-12-25(22)27-20(5)23-13-10-14-24(29-23)21(6)28-26-18(3)15-17(2)16-19(26)4/h8-16H,7H2,1-6H3. The Hall–Kier alpha value is -3.07. The lowest BCUT2D eigenvalue weighted by Crippen LogP contribution is -2.05. The number of hydrogen-bond donors (Lipinski definition) is 0. The van der Waals surface area contributed by atoms with Crippen LogP contribution in [0.15, 0.2) is 64.6 Å². The Balaban J connectivity index is 1.96. The maximum Gasteiger partial charge on any atom is 0.0849 e. The molecule has 0 unspecified atom stereocenters. The van der Waals surface area contributed by atoms with Crippen molar-refractivity contribution in [3.8, 4) is 0 Å². The lowest BCUT2D eigenvalue weighted by atomic mass is 10.1. The predicted molar refractivity (Wildman–Crippen MR) is 124 cm³/mol. The fraction of sp³-hybridized carbons (Fsp3) is 0.269. The summed E-state index contributed by atoms with van der Waals surface area (Å²) in [5.74, 6) is 0. The van der Waals surface area contributed by atoms with Crippen molar-refractivity contribution < 1.29 is 0 Å². The number of nitrogens with zero attached hydrogens (tertiary/aromatic N) is 3. The Bertz CT molecular complexity index is 1070. The number of aryl methyl sites for hydroxylation is 4. The van der Waals surface area contributed by atoms with Gasteiger partial charge in [0.15, 0.2) is 0 Å². The zero-order valence-corrected chi connectivity index (χ0v) is 18.2. The van der Waals surface area contributed by atoms with Crippen molar-refractivity contribution in [2.24, 2.45) is 9.98 Å². The van der Waals surface area contributed by atoms with E-state index in [1.165, 1.54) is 22.3 Å². The third kappa shape index (κ3) is 4.86. The van der Waals surface area contributed by atoms with E-state index < -0.39 is 0 Å². The number of rotatable bonds is 5. The molecule has 3 heteroatoms. The summed E-state index contributed by atoms with van der Waals surface area (Å²) in [6, 6.07) is 18.6. The smallest absolute Gasteiger partial charge is 0.0849 e. The lowest BCUT2D eigenvalue weighted by Gasteiger charge is -2.09. The molecule has 3 nitrogen and oxygen atoms in total. The Labute approximate surface area is 174 Å². The molecule has 3 rings (SSSR count). The topological polar surface area (TPSA) is 37.6 Å². The minimum atomic E-state index is 0.875. The molecule has 29 heavy (non-hydrogen) atoms. The number of para-hydroxylation sites is 1. The molecule has 0 aliphatic heterocycles. The summed E-state index contributed by atoms with van der Waals surface area (Å²) in [6.07, 6.45) is 0.960. The van der Waals surface area contributed by atoms with E-state index in [1.807, 2.05) is 38.1 Å². The van der Waals surface area contributed by atoms with Crippen LogP contribution in [0.5, 0.6) is 0 Å². The molecule has 0 spiro atoms. The summed E-state index contributed by atoms with van der Waals surface area (Å²) in [5.41, 5.74) is 10.5. The van der Waals surface area contributed by atoms with E-state index in [4.69, 9.17) is 15.0 Å². The third-order valence-electron chi connectivity index (χ3n) is 5.07. The van der Waals surface area contributed by atoms with Gasteiger partial charge in [-0.1, -0.05) is 48.9 Å². The van der Waals surface area contributed by atoms with Gasteiger partial charge in [-0.15, -0.1) is 0 Å². The van der Waals surface area contributed by atoms with Crippen LogP contribution in [0.3, 0.4) is 0 Å². The first-order valence-electron chi connectivity index (χ1n) is 10.1. The monoisotopic (exact) mass is 383 g/mol. The van der Waals surface area contributed by atoms with E-state index in [2.05, 4.69) is 58.0 Å². The number of aromatic nitrogens is 1. The molecule has 0 fully saturated rings. The molecular weight excluding hydrogens is 354 g/mol. The summed E-state index contributed by atoms with van der Waals surface area (Å²) in [7, 11) is 0. The highest BCUT2D eigenvalue weighted by molar-refractivity contribution is 6.02. The van der Waals surface area contributed by atoms with Gasteiger partial charge in [0.2, 0.25) is 0 Å². The Morgan fingerprint density at radius 3 is 2.00 bits per heavy atom. The summed E-state index contributed by atoms with van der Waals surface area (Å²) < 4.78 is 0. The highest BCUT2D eigenvalue weighted by Crippen LogP contribution is 2.26. The molecule has 0 amide bonds. The van der Waals surface area contributed by atoms with Crippen molar-refractivity contribution in [1.82, 2.24) is 4.98 Å². The second-order valence-electron chi connectivity index (χ2n) is 7.53. The minimum Gasteiger partial charge on any atom is -0.251 e. The van der Waals surface area contributed by atoms with Gasteiger partial charge in [0, 0.05) is 0 Å². The number of aliphatic imine (C=N–C) groups is 2. The number of benzene rings is 2. The van der Waals surface area contributed by atoms with Crippen LogP contribution in [-0.4, -0.2) is 16.4 Å². The molecule has 0 saturated heterocycles. The Morgan fingerprint density at radius 2 is 1.38 bits per heavy atom. The molecule has 0 aliphatic rings. The summed E-state index contributed by atoms with van der Waals surface area (Å²) in [5, 5.41) is 0. The van der Waals surface area contributed by atoms with Crippen molar-refractivity contribution >= 4 is 22.8 Å². The van der Waals surface area contributed by atoms with Crippen LogP contribution in [0.1, 0.15) is 54.4 Å². The molecule has 0 atom stereocenters. The maximum atomic E-state index is 4.90. The normalized spacial score (nSPS) is 12.3. The number of hydrogen-bond acceptors (Lipinski definition) is 3. The summed E-state index contributed by atoms with van der Waals surface area (Å²) in [4.78, 5) is 14.6. The van der Waals surface area contributed by atoms with Crippen LogP contribution >= 0.6 is 0 Å². The van der Waals surface area contributed by atoms with Gasteiger partial charge in [0.25, 0.3) is 0 Å². The molecular formula is C26H29N3. The highest BCUT2D eigenvalue weighted by atomic mass is 14.8. The van der Waals surface area contributed by atoms with Gasteiger partial charge < -0.3 is 0 Å². The third-order valence-corrected chi connectivity index (χ3v) is 5.07. The van der Waals surface area contributed by atoms with E-state index in [0.29, 0.717) is 0 Å². The molecule has 0 N–H and O–H groups in total. The fourth-order valence-corrected chi connectivity index (χ4v) is 3.57. The fourth-order valence-electron chi connectivity index (χ4n) is 3.57. The van der Waals surface area contributed by atoms with Gasteiger partial charge in [-0.25, -0.2) is 4.98 Å². The first kappa shape index (κ1) is 20.7. The van der Waals surface area contributed by atoms with Crippen LogP contribution in [0.25, 0.3) is 0 Å². The van der Waals surface area contributed by atoms with Crippen LogP contribution in [0.2, 0.25) is 0 Å². The van der Waals surface area contributed by atoms with E-state index in [9.17, 15) is 0 Å². The predicted octanol–water partition coefficient (Wildman–Crippen LogP) is 6.85. The van der Waals surface area contributed by atoms with Crippen molar-refractivity contribution in [1.29, 1.82) is 0 Å². The molecule has 0 aliphatic carbocycles. The van der Waals surface area contributed by atoms with Gasteiger partial charge in [0.05, 0.1) is 34.2 Å². The van der Waals surface area contributed by atoms with Gasteiger partial charge in [-0.3, -0.25) is 9.98 Å². The molecule has 2 aromatic carbocycles. The SMILES string of the molecule is CCc1ccccc1N=C(C)c1cccc(C(C)=Nc2c(C)cc(C)cc2C)n1. The summed E-state index contributed by atoms with van der Waals surface area (Å²) >= 11 is 0. The number of pyridine rings is 1. The van der Waals surface area contributed by atoms with Crippen molar-refractivity contribution in [2.45, 2.75) is 48.0 Å². The molecule has 0 saturated carbocycles. The minimum absolute atomic E-state index is 0.875. The first-order valence-corrected chi connectivity index (χ1v) is 10.1. The van der Waals surface area contributed by atoms with Gasteiger partial charge in [0.1, 0.15) is 0 Å². The summed E-state index contributed by atoms with van der Waals surface area (Å²) in [6.45, 7) is 12.5. The second-order valence-corrected chi connectivity index (χ2v) is 7.53. The van der Waals surface area contributed by atoms with Crippen LogP contribution in [-0.2, 0) is 6.42 Å². The highest BCUT2D eigenvalue weighted by Gasteiger charge is 2.08. The molecule has 1 aromatic heterocycles. The molecule has 148 valence electrons. The van der Waals surface area contributed by atoms with E-state index in [0.717, 1.165) is 40.6 Å². The van der Waals surface area contributed by atoms with Gasteiger partial charge in [-0.05, 0) is 75.9 Å². The van der Waals surface area contributed by atoms with Crippen molar-refractivity contribution in [3.05, 3.63) is 88.2 Å². The van der Waals surface area contributed by atoms with Gasteiger partial charge in [-0.2, -0.15) is 0 Å². The van der Waals surface area contributed by atoms with Crippen molar-refractivity contribution in [3.63, 3.8) is 0 Å². The molecule has 3 aromatic rings.